The van der Waals surface area contributed by atoms with Crippen LogP contribution >= 0.6 is 0 Å². The van der Waals surface area contributed by atoms with Gasteiger partial charge in [-0.15, -0.1) is 0 Å². The molecule has 2 rings (SSSR count). The van der Waals surface area contributed by atoms with Crippen LogP contribution in [0.2, 0.25) is 0 Å². The molecule has 0 saturated heterocycles. The zero-order valence-corrected chi connectivity index (χ0v) is 12.9. The molecule has 22 heavy (non-hydrogen) atoms. The zero-order chi connectivity index (χ0) is 16.3. The van der Waals surface area contributed by atoms with Crippen molar-refractivity contribution in [2.24, 2.45) is 0 Å². The Hall–Kier alpha value is -1.91. The van der Waals surface area contributed by atoms with Gasteiger partial charge in [-0.2, -0.15) is 13.2 Å². The summed E-state index contributed by atoms with van der Waals surface area (Å²) in [5, 5.41) is 0. The van der Waals surface area contributed by atoms with E-state index in [4.69, 9.17) is 0 Å². The lowest BCUT2D eigenvalue weighted by atomic mass is 9.91. The molecule has 2 heterocycles. The van der Waals surface area contributed by atoms with Crippen molar-refractivity contribution in [3.63, 3.8) is 0 Å². The minimum absolute atomic E-state index is 0.0698. The Morgan fingerprint density at radius 3 is 2.36 bits per heavy atom. The molecule has 0 N–H and O–H groups in total. The van der Waals surface area contributed by atoms with Crippen LogP contribution in [0.25, 0.3) is 0 Å². The van der Waals surface area contributed by atoms with Crippen LogP contribution in [-0.2, 0) is 6.18 Å². The number of nitrogens with zero attached hydrogens (tertiary/aromatic N) is 2. The number of aryl methyl sites for hydroxylation is 1. The standard InChI is InChI=1S/C17H19F3N2/c1-11(15-6-4-5-13(3)22-15)9-12(2)16-10-14(7-8-21-16)17(18,19)20/h4-8,10-12H,9H2,1-3H3. The molecule has 2 atom stereocenters. The van der Waals surface area contributed by atoms with Gasteiger partial charge >= 0.3 is 6.18 Å². The normalized spacial score (nSPS) is 14.6. The molecule has 2 nitrogen and oxygen atoms in total. The molecule has 2 aromatic heterocycles. The van der Waals surface area contributed by atoms with E-state index in [1.54, 1.807) is 0 Å². The van der Waals surface area contributed by atoms with Crippen molar-refractivity contribution in [2.45, 2.75) is 45.2 Å². The Kier molecular flexibility index (Phi) is 4.84. The number of rotatable bonds is 4. The summed E-state index contributed by atoms with van der Waals surface area (Å²) in [7, 11) is 0. The van der Waals surface area contributed by atoms with E-state index in [-0.39, 0.29) is 11.8 Å². The summed E-state index contributed by atoms with van der Waals surface area (Å²) in [6, 6.07) is 7.96. The molecule has 0 aromatic carbocycles. The summed E-state index contributed by atoms with van der Waals surface area (Å²) in [6.07, 6.45) is -2.41. The van der Waals surface area contributed by atoms with Crippen LogP contribution in [-0.4, -0.2) is 9.97 Å². The Bertz CT molecular complexity index is 638. The first-order valence-electron chi connectivity index (χ1n) is 7.24. The van der Waals surface area contributed by atoms with Crippen LogP contribution in [0.5, 0.6) is 0 Å². The van der Waals surface area contributed by atoms with Crippen molar-refractivity contribution in [3.05, 3.63) is 59.2 Å². The number of pyridine rings is 2. The van der Waals surface area contributed by atoms with E-state index in [2.05, 4.69) is 9.97 Å². The van der Waals surface area contributed by atoms with E-state index in [0.717, 1.165) is 23.5 Å². The van der Waals surface area contributed by atoms with Crippen molar-refractivity contribution in [2.75, 3.05) is 0 Å². The second-order valence-electron chi connectivity index (χ2n) is 5.71. The lowest BCUT2D eigenvalue weighted by molar-refractivity contribution is -0.137. The van der Waals surface area contributed by atoms with Gasteiger partial charge in [-0.05, 0) is 49.4 Å². The third-order valence-electron chi connectivity index (χ3n) is 3.74. The smallest absolute Gasteiger partial charge is 0.261 e. The molecule has 0 radical (unpaired) electrons. The average Bonchev–Trinajstić information content (AvgIpc) is 2.46. The molecule has 2 unspecified atom stereocenters. The van der Waals surface area contributed by atoms with E-state index in [0.29, 0.717) is 12.1 Å². The third kappa shape index (κ3) is 4.06. The zero-order valence-electron chi connectivity index (χ0n) is 12.9. The summed E-state index contributed by atoms with van der Waals surface area (Å²) in [6.45, 7) is 5.86. The van der Waals surface area contributed by atoms with E-state index in [1.807, 2.05) is 39.0 Å². The lowest BCUT2D eigenvalue weighted by Crippen LogP contribution is -2.09. The first-order chi connectivity index (χ1) is 10.3. The van der Waals surface area contributed by atoms with Crippen molar-refractivity contribution >= 4 is 0 Å². The van der Waals surface area contributed by atoms with Gasteiger partial charge in [-0.25, -0.2) is 0 Å². The first kappa shape index (κ1) is 16.5. The Morgan fingerprint density at radius 1 is 1.05 bits per heavy atom. The average molecular weight is 308 g/mol. The fourth-order valence-corrected chi connectivity index (χ4v) is 2.50. The van der Waals surface area contributed by atoms with Crippen molar-refractivity contribution in [3.8, 4) is 0 Å². The molecular formula is C17H19F3N2. The van der Waals surface area contributed by atoms with Gasteiger partial charge in [0, 0.05) is 23.3 Å². The first-order valence-corrected chi connectivity index (χ1v) is 7.24. The van der Waals surface area contributed by atoms with Crippen molar-refractivity contribution in [1.29, 1.82) is 0 Å². The monoisotopic (exact) mass is 308 g/mol. The van der Waals surface area contributed by atoms with Crippen molar-refractivity contribution in [1.82, 2.24) is 9.97 Å². The Morgan fingerprint density at radius 2 is 1.73 bits per heavy atom. The second kappa shape index (κ2) is 6.46. The highest BCUT2D eigenvalue weighted by Gasteiger charge is 2.31. The van der Waals surface area contributed by atoms with Gasteiger partial charge in [-0.1, -0.05) is 19.9 Å². The van der Waals surface area contributed by atoms with Crippen LogP contribution in [0.4, 0.5) is 13.2 Å². The summed E-state index contributed by atoms with van der Waals surface area (Å²) in [5.41, 5.74) is 1.72. The Balaban J connectivity index is 2.13. The van der Waals surface area contributed by atoms with Gasteiger partial charge in [-0.3, -0.25) is 9.97 Å². The molecule has 0 amide bonds. The Labute approximate surface area is 128 Å². The number of halogens is 3. The fraction of sp³-hybridized carbons (Fsp3) is 0.412. The van der Waals surface area contributed by atoms with Crippen LogP contribution in [0.15, 0.2) is 36.5 Å². The highest BCUT2D eigenvalue weighted by molar-refractivity contribution is 5.22. The fourth-order valence-electron chi connectivity index (χ4n) is 2.50. The van der Waals surface area contributed by atoms with Crippen LogP contribution in [0.1, 0.15) is 54.7 Å². The molecule has 5 heteroatoms. The second-order valence-corrected chi connectivity index (χ2v) is 5.71. The van der Waals surface area contributed by atoms with Gasteiger partial charge in [0.15, 0.2) is 0 Å². The third-order valence-corrected chi connectivity index (χ3v) is 3.74. The SMILES string of the molecule is Cc1cccc(C(C)CC(C)c2cc(C(F)(F)F)ccn2)n1. The molecule has 0 aliphatic carbocycles. The summed E-state index contributed by atoms with van der Waals surface area (Å²) in [5.74, 6) is 0.0888. The molecular weight excluding hydrogens is 289 g/mol. The molecule has 0 aliphatic rings. The highest BCUT2D eigenvalue weighted by Crippen LogP contribution is 2.32. The number of hydrogen-bond donors (Lipinski definition) is 0. The van der Waals surface area contributed by atoms with E-state index < -0.39 is 11.7 Å². The van der Waals surface area contributed by atoms with E-state index in [1.165, 1.54) is 6.20 Å². The molecule has 0 fully saturated rings. The molecule has 0 spiro atoms. The minimum Gasteiger partial charge on any atom is -0.261 e. The summed E-state index contributed by atoms with van der Waals surface area (Å²) < 4.78 is 38.3. The highest BCUT2D eigenvalue weighted by atomic mass is 19.4. The quantitative estimate of drug-likeness (QED) is 0.785. The number of alkyl halides is 3. The maximum Gasteiger partial charge on any atom is 0.416 e. The molecule has 2 aromatic rings. The van der Waals surface area contributed by atoms with Gasteiger partial charge in [0.2, 0.25) is 0 Å². The van der Waals surface area contributed by atoms with Gasteiger partial charge < -0.3 is 0 Å². The lowest BCUT2D eigenvalue weighted by Gasteiger charge is -2.18. The largest absolute Gasteiger partial charge is 0.416 e. The molecule has 0 bridgehead atoms. The maximum atomic E-state index is 12.8. The van der Waals surface area contributed by atoms with Crippen LogP contribution in [0, 0.1) is 6.92 Å². The van der Waals surface area contributed by atoms with Crippen LogP contribution in [0.3, 0.4) is 0 Å². The van der Waals surface area contributed by atoms with Crippen molar-refractivity contribution < 1.29 is 13.2 Å². The predicted octanol–water partition coefficient (Wildman–Crippen LogP) is 5.10. The maximum absolute atomic E-state index is 12.8. The molecule has 118 valence electrons. The topological polar surface area (TPSA) is 25.8 Å². The predicted molar refractivity (Wildman–Crippen MR) is 79.7 cm³/mol. The minimum atomic E-state index is -4.33. The van der Waals surface area contributed by atoms with Gasteiger partial charge in [0.1, 0.15) is 0 Å². The van der Waals surface area contributed by atoms with Gasteiger partial charge in [0.25, 0.3) is 0 Å². The van der Waals surface area contributed by atoms with Crippen LogP contribution < -0.4 is 0 Å². The number of aromatic nitrogens is 2. The molecule has 0 aliphatic heterocycles. The van der Waals surface area contributed by atoms with E-state index >= 15 is 0 Å². The molecule has 0 saturated carbocycles. The van der Waals surface area contributed by atoms with Gasteiger partial charge in [0.05, 0.1) is 5.56 Å². The van der Waals surface area contributed by atoms with E-state index in [9.17, 15) is 13.2 Å². The number of hydrogen-bond acceptors (Lipinski definition) is 2. The summed E-state index contributed by atoms with van der Waals surface area (Å²) >= 11 is 0. The summed E-state index contributed by atoms with van der Waals surface area (Å²) in [4.78, 5) is 8.57.